The van der Waals surface area contributed by atoms with E-state index in [2.05, 4.69) is 20.5 Å². The van der Waals surface area contributed by atoms with E-state index in [9.17, 15) is 14.0 Å². The summed E-state index contributed by atoms with van der Waals surface area (Å²) in [5, 5.41) is 4.09. The largest absolute Gasteiger partial charge is 0.497 e. The molecule has 0 fully saturated rings. The molecule has 0 radical (unpaired) electrons. The third-order valence-electron chi connectivity index (χ3n) is 6.76. The Morgan fingerprint density at radius 2 is 1.43 bits per heavy atom. The van der Waals surface area contributed by atoms with Crippen LogP contribution in [0.25, 0.3) is 0 Å². The zero-order chi connectivity index (χ0) is 32.0. The van der Waals surface area contributed by atoms with Gasteiger partial charge >= 0.3 is 6.03 Å². The SMILES string of the molecule is COc1ccc(CN(Cc2ccc(OC)cc2)c2cc(C)c(NC(=O)NC(=O)c3cc(F)c(Cl)nc3Cl)c(C(C)C)n2)cc1. The van der Waals surface area contributed by atoms with Crippen LogP contribution in [0.5, 0.6) is 11.5 Å². The van der Waals surface area contributed by atoms with Crippen LogP contribution in [0.15, 0.2) is 60.7 Å². The van der Waals surface area contributed by atoms with Gasteiger partial charge in [-0.15, -0.1) is 0 Å². The average molecular weight is 641 g/mol. The van der Waals surface area contributed by atoms with Crippen molar-refractivity contribution in [2.45, 2.75) is 39.8 Å². The summed E-state index contributed by atoms with van der Waals surface area (Å²) in [6, 6.07) is 17.5. The molecule has 9 nitrogen and oxygen atoms in total. The number of ether oxygens (including phenoxy) is 2. The second-order valence-corrected chi connectivity index (χ2v) is 11.0. The molecule has 0 aliphatic rings. The highest BCUT2D eigenvalue weighted by Crippen LogP contribution is 2.31. The van der Waals surface area contributed by atoms with Crippen LogP contribution in [0.3, 0.4) is 0 Å². The number of anilines is 2. The Bertz CT molecular complexity index is 1600. The lowest BCUT2D eigenvalue weighted by molar-refractivity contribution is 0.0966. The maximum absolute atomic E-state index is 13.9. The van der Waals surface area contributed by atoms with Crippen molar-refractivity contribution in [1.82, 2.24) is 15.3 Å². The summed E-state index contributed by atoms with van der Waals surface area (Å²) in [4.78, 5) is 36.3. The molecule has 3 amide bonds. The van der Waals surface area contributed by atoms with Gasteiger partial charge in [0.25, 0.3) is 5.91 Å². The molecule has 2 N–H and O–H groups in total. The van der Waals surface area contributed by atoms with Gasteiger partial charge in [-0.2, -0.15) is 0 Å². The number of amides is 3. The van der Waals surface area contributed by atoms with Crippen molar-refractivity contribution in [2.75, 3.05) is 24.4 Å². The molecular weight excluding hydrogens is 608 g/mol. The number of benzene rings is 2. The van der Waals surface area contributed by atoms with Crippen LogP contribution < -0.4 is 25.0 Å². The predicted molar refractivity (Wildman–Crippen MR) is 170 cm³/mol. The Labute approximate surface area is 265 Å². The van der Waals surface area contributed by atoms with Crippen molar-refractivity contribution < 1.29 is 23.5 Å². The number of hydrogen-bond acceptors (Lipinski definition) is 7. The number of pyridine rings is 2. The smallest absolute Gasteiger partial charge is 0.326 e. The summed E-state index contributed by atoms with van der Waals surface area (Å²) >= 11 is 11.6. The minimum Gasteiger partial charge on any atom is -0.497 e. The Hall–Kier alpha value is -4.41. The van der Waals surface area contributed by atoms with E-state index in [0.717, 1.165) is 34.3 Å². The van der Waals surface area contributed by atoms with Gasteiger partial charge in [0.15, 0.2) is 11.0 Å². The fourth-order valence-corrected chi connectivity index (χ4v) is 4.87. The third-order valence-corrected chi connectivity index (χ3v) is 7.32. The molecule has 12 heteroatoms. The van der Waals surface area contributed by atoms with E-state index in [1.165, 1.54) is 0 Å². The van der Waals surface area contributed by atoms with E-state index in [1.807, 2.05) is 75.4 Å². The van der Waals surface area contributed by atoms with Gasteiger partial charge in [-0.1, -0.05) is 61.3 Å². The summed E-state index contributed by atoms with van der Waals surface area (Å²) in [5.74, 6) is 0.265. The Morgan fingerprint density at radius 3 is 1.93 bits per heavy atom. The summed E-state index contributed by atoms with van der Waals surface area (Å²) in [6.45, 7) is 6.86. The number of urea groups is 1. The standard InChI is InChI=1S/C32H32Cl2FN5O4/c1-18(2)27-28(37-32(42)39-31(41)24-15-25(35)30(34)38-29(24)33)19(3)14-26(36-27)40(16-20-6-10-22(43-4)11-7-20)17-21-8-12-23(44-5)13-9-21/h6-15,18H,16-17H2,1-5H3,(H2,37,39,41,42). The van der Waals surface area contributed by atoms with E-state index in [-0.39, 0.29) is 16.6 Å². The molecule has 0 spiro atoms. The lowest BCUT2D eigenvalue weighted by Crippen LogP contribution is -2.35. The Kier molecular flexibility index (Phi) is 10.6. The highest BCUT2D eigenvalue weighted by Gasteiger charge is 2.22. The van der Waals surface area contributed by atoms with Crippen LogP contribution in [0.4, 0.5) is 20.7 Å². The molecule has 0 bridgehead atoms. The second-order valence-electron chi connectivity index (χ2n) is 10.3. The normalized spacial score (nSPS) is 10.8. The molecule has 0 saturated heterocycles. The van der Waals surface area contributed by atoms with Crippen LogP contribution in [0.2, 0.25) is 10.3 Å². The van der Waals surface area contributed by atoms with Crippen molar-refractivity contribution in [3.8, 4) is 11.5 Å². The second kappa shape index (κ2) is 14.4. The maximum atomic E-state index is 13.9. The van der Waals surface area contributed by atoms with Crippen LogP contribution in [-0.4, -0.2) is 36.1 Å². The molecule has 2 aromatic carbocycles. The van der Waals surface area contributed by atoms with Crippen LogP contribution in [-0.2, 0) is 13.1 Å². The molecule has 4 rings (SSSR count). The van der Waals surface area contributed by atoms with Crippen molar-refractivity contribution in [2.24, 2.45) is 0 Å². The van der Waals surface area contributed by atoms with Gasteiger partial charge in [0.1, 0.15) is 22.5 Å². The molecule has 0 unspecified atom stereocenters. The summed E-state index contributed by atoms with van der Waals surface area (Å²) in [5.41, 5.74) is 3.58. The van der Waals surface area contributed by atoms with E-state index < -0.39 is 22.9 Å². The summed E-state index contributed by atoms with van der Waals surface area (Å²) in [6.07, 6.45) is 0. The molecule has 0 atom stereocenters. The fourth-order valence-electron chi connectivity index (χ4n) is 4.46. The van der Waals surface area contributed by atoms with Gasteiger partial charge in [0.05, 0.1) is 31.2 Å². The number of nitrogens with zero attached hydrogens (tertiary/aromatic N) is 3. The lowest BCUT2D eigenvalue weighted by Gasteiger charge is -2.27. The van der Waals surface area contributed by atoms with E-state index in [4.69, 9.17) is 37.7 Å². The van der Waals surface area contributed by atoms with Gasteiger partial charge in [0.2, 0.25) is 0 Å². The molecular formula is C32H32Cl2FN5O4. The number of carbonyl (C=O) groups is 2. The van der Waals surface area contributed by atoms with Gasteiger partial charge in [-0.25, -0.2) is 19.2 Å². The van der Waals surface area contributed by atoms with Crippen molar-refractivity contribution in [3.05, 3.63) is 105 Å². The monoisotopic (exact) mass is 639 g/mol. The van der Waals surface area contributed by atoms with Crippen LogP contribution in [0.1, 0.15) is 52.5 Å². The van der Waals surface area contributed by atoms with Crippen molar-refractivity contribution in [1.29, 1.82) is 0 Å². The average Bonchev–Trinajstić information content (AvgIpc) is 3.00. The highest BCUT2D eigenvalue weighted by atomic mass is 35.5. The zero-order valence-corrected chi connectivity index (χ0v) is 26.4. The van der Waals surface area contributed by atoms with Gasteiger partial charge < -0.3 is 19.7 Å². The lowest BCUT2D eigenvalue weighted by atomic mass is 10.0. The number of rotatable bonds is 10. The topological polar surface area (TPSA) is 106 Å². The van der Waals surface area contributed by atoms with Crippen molar-refractivity contribution in [3.63, 3.8) is 0 Å². The maximum Gasteiger partial charge on any atom is 0.326 e. The number of carbonyl (C=O) groups excluding carboxylic acids is 2. The molecule has 0 saturated carbocycles. The number of methoxy groups -OCH3 is 2. The Morgan fingerprint density at radius 1 is 0.886 bits per heavy atom. The number of halogens is 3. The summed E-state index contributed by atoms with van der Waals surface area (Å²) in [7, 11) is 3.25. The first-order valence-electron chi connectivity index (χ1n) is 13.6. The number of imide groups is 1. The molecule has 2 heterocycles. The Balaban J connectivity index is 1.63. The first-order chi connectivity index (χ1) is 21.0. The number of aromatic nitrogens is 2. The van der Waals surface area contributed by atoms with E-state index >= 15 is 0 Å². The predicted octanol–water partition coefficient (Wildman–Crippen LogP) is 7.54. The first kappa shape index (κ1) is 32.5. The number of aryl methyl sites for hydroxylation is 1. The zero-order valence-electron chi connectivity index (χ0n) is 24.9. The molecule has 44 heavy (non-hydrogen) atoms. The molecule has 4 aromatic rings. The van der Waals surface area contributed by atoms with Gasteiger partial charge in [-0.05, 0) is 65.9 Å². The minimum absolute atomic E-state index is 0.0903. The minimum atomic E-state index is -0.937. The molecule has 230 valence electrons. The fraction of sp³-hybridized carbons (Fsp3) is 0.250. The number of hydrogen-bond donors (Lipinski definition) is 2. The number of nitrogens with one attached hydrogen (secondary N) is 2. The molecule has 2 aromatic heterocycles. The highest BCUT2D eigenvalue weighted by molar-refractivity contribution is 6.35. The quantitative estimate of drug-likeness (QED) is 0.173. The van der Waals surface area contributed by atoms with Crippen molar-refractivity contribution >= 4 is 46.6 Å². The van der Waals surface area contributed by atoms with Gasteiger partial charge in [-0.3, -0.25) is 10.1 Å². The van der Waals surface area contributed by atoms with Gasteiger partial charge in [0, 0.05) is 13.1 Å². The molecule has 0 aliphatic carbocycles. The third kappa shape index (κ3) is 7.94. The summed E-state index contributed by atoms with van der Waals surface area (Å²) < 4.78 is 24.5. The van der Waals surface area contributed by atoms with Crippen LogP contribution in [0, 0.1) is 12.7 Å². The van der Waals surface area contributed by atoms with E-state index in [0.29, 0.717) is 30.3 Å². The molecule has 0 aliphatic heterocycles. The first-order valence-corrected chi connectivity index (χ1v) is 14.4. The van der Waals surface area contributed by atoms with E-state index in [1.54, 1.807) is 14.2 Å². The van der Waals surface area contributed by atoms with Crippen LogP contribution >= 0.6 is 23.2 Å².